The first-order valence-corrected chi connectivity index (χ1v) is 8.29. The molecule has 3 rings (SSSR count). The number of benzene rings is 1. The van der Waals surface area contributed by atoms with Gasteiger partial charge < -0.3 is 5.32 Å². The quantitative estimate of drug-likeness (QED) is 0.873. The summed E-state index contributed by atoms with van der Waals surface area (Å²) in [6.07, 6.45) is 4.20. The number of hydrogen-bond acceptors (Lipinski definition) is 2. The number of ketones is 1. The normalized spacial score (nSPS) is 27.5. The third kappa shape index (κ3) is 3.65. The molecule has 0 aromatic heterocycles. The van der Waals surface area contributed by atoms with Gasteiger partial charge in [-0.1, -0.05) is 11.6 Å². The highest BCUT2D eigenvalue weighted by Crippen LogP contribution is 2.29. The van der Waals surface area contributed by atoms with E-state index in [0.717, 1.165) is 38.0 Å². The van der Waals surface area contributed by atoms with Crippen molar-refractivity contribution in [2.24, 2.45) is 11.8 Å². The van der Waals surface area contributed by atoms with E-state index in [1.807, 2.05) is 12.1 Å². The summed E-state index contributed by atoms with van der Waals surface area (Å²) in [5.41, 5.74) is 0.787. The molecule has 2 fully saturated rings. The number of carbonyl (C=O) groups excluding carboxylic acids is 1. The lowest BCUT2D eigenvalue weighted by Crippen LogP contribution is -2.44. The van der Waals surface area contributed by atoms with Crippen LogP contribution >= 0.6 is 11.6 Å². The zero-order valence-electron chi connectivity index (χ0n) is 12.2. The fraction of sp³-hybridized carbons (Fsp3) is 0.588. The van der Waals surface area contributed by atoms with Crippen LogP contribution in [0.25, 0.3) is 0 Å². The molecule has 1 N–H and O–H groups in total. The van der Waals surface area contributed by atoms with Gasteiger partial charge in [0.2, 0.25) is 0 Å². The Kier molecular flexibility index (Phi) is 4.94. The van der Waals surface area contributed by atoms with Crippen LogP contribution in [0.4, 0.5) is 0 Å². The van der Waals surface area contributed by atoms with Crippen LogP contribution in [0.2, 0.25) is 5.02 Å². The molecule has 0 aliphatic carbocycles. The summed E-state index contributed by atoms with van der Waals surface area (Å²) in [5, 5.41) is 8.87. The minimum Gasteiger partial charge on any atom is -0.317 e. The summed E-state index contributed by atoms with van der Waals surface area (Å²) in [5.74, 6) is 1.05. The van der Waals surface area contributed by atoms with Crippen LogP contribution in [0.15, 0.2) is 24.3 Å². The van der Waals surface area contributed by atoms with E-state index in [2.05, 4.69) is 5.32 Å². The van der Waals surface area contributed by atoms with Crippen LogP contribution < -0.4 is 10.6 Å². The molecule has 2 atom stereocenters. The molecule has 4 heteroatoms. The smallest absolute Gasteiger partial charge is 0.166 e. The van der Waals surface area contributed by atoms with Crippen molar-refractivity contribution in [1.29, 1.82) is 0 Å². The molecule has 1 aromatic carbocycles. The van der Waals surface area contributed by atoms with Crippen LogP contribution in [0, 0.1) is 11.8 Å². The summed E-state index contributed by atoms with van der Waals surface area (Å²) < 4.78 is 0. The van der Waals surface area contributed by atoms with E-state index in [1.54, 1.807) is 12.1 Å². The van der Waals surface area contributed by atoms with E-state index >= 15 is 0 Å². The van der Waals surface area contributed by atoms with Gasteiger partial charge in [-0.05, 0) is 69.0 Å². The fourth-order valence-electron chi connectivity index (χ4n) is 3.54. The maximum Gasteiger partial charge on any atom is 0.166 e. The SMILES string of the molecule is O=C(c1ccc(Cl)cc1)C1CC[N]C(C2CCNCC2)C1. The van der Waals surface area contributed by atoms with Gasteiger partial charge >= 0.3 is 0 Å². The Morgan fingerprint density at radius 1 is 1.14 bits per heavy atom. The molecule has 2 saturated heterocycles. The summed E-state index contributed by atoms with van der Waals surface area (Å²) in [6, 6.07) is 7.66. The third-order valence-electron chi connectivity index (χ3n) is 4.79. The Labute approximate surface area is 131 Å². The van der Waals surface area contributed by atoms with Gasteiger partial charge in [0.1, 0.15) is 0 Å². The van der Waals surface area contributed by atoms with Crippen molar-refractivity contribution in [1.82, 2.24) is 10.6 Å². The Bertz CT molecular complexity index is 482. The van der Waals surface area contributed by atoms with Gasteiger partial charge in [-0.3, -0.25) is 4.79 Å². The molecule has 3 nitrogen and oxygen atoms in total. The van der Waals surface area contributed by atoms with Gasteiger partial charge in [-0.15, -0.1) is 0 Å². The molecule has 113 valence electrons. The van der Waals surface area contributed by atoms with Crippen LogP contribution in [0.3, 0.4) is 0 Å². The minimum absolute atomic E-state index is 0.128. The topological polar surface area (TPSA) is 43.2 Å². The van der Waals surface area contributed by atoms with Crippen molar-refractivity contribution < 1.29 is 4.79 Å². The van der Waals surface area contributed by atoms with Crippen molar-refractivity contribution in [3.05, 3.63) is 34.9 Å². The fourth-order valence-corrected chi connectivity index (χ4v) is 3.66. The van der Waals surface area contributed by atoms with Crippen LogP contribution in [0.5, 0.6) is 0 Å². The minimum atomic E-state index is 0.128. The summed E-state index contributed by atoms with van der Waals surface area (Å²) in [6.45, 7) is 3.01. The van der Waals surface area contributed by atoms with E-state index in [-0.39, 0.29) is 11.7 Å². The number of hydrogen-bond donors (Lipinski definition) is 1. The number of nitrogens with zero attached hydrogens (tertiary/aromatic N) is 1. The largest absolute Gasteiger partial charge is 0.317 e. The lowest BCUT2D eigenvalue weighted by Gasteiger charge is -2.35. The maximum atomic E-state index is 12.6. The highest BCUT2D eigenvalue weighted by Gasteiger charge is 2.33. The van der Waals surface area contributed by atoms with Gasteiger partial charge in [0.05, 0.1) is 0 Å². The first-order chi connectivity index (χ1) is 10.2. The zero-order chi connectivity index (χ0) is 14.7. The average Bonchev–Trinajstić information content (AvgIpc) is 2.56. The van der Waals surface area contributed by atoms with E-state index < -0.39 is 0 Å². The molecule has 2 unspecified atom stereocenters. The van der Waals surface area contributed by atoms with Gasteiger partial charge in [0, 0.05) is 29.1 Å². The Hall–Kier alpha value is -0.900. The van der Waals surface area contributed by atoms with Gasteiger partial charge in [-0.2, -0.15) is 0 Å². The molecule has 0 bridgehead atoms. The molecule has 1 aromatic rings. The second-order valence-corrected chi connectivity index (χ2v) is 6.59. The van der Waals surface area contributed by atoms with Gasteiger partial charge in [0.25, 0.3) is 0 Å². The van der Waals surface area contributed by atoms with Crippen LogP contribution in [-0.2, 0) is 0 Å². The molecule has 0 saturated carbocycles. The maximum absolute atomic E-state index is 12.6. The predicted octanol–water partition coefficient (Wildman–Crippen LogP) is 2.91. The molecule has 0 amide bonds. The molecule has 2 heterocycles. The van der Waals surface area contributed by atoms with E-state index in [1.165, 1.54) is 12.8 Å². The lowest BCUT2D eigenvalue weighted by molar-refractivity contribution is 0.0853. The Morgan fingerprint density at radius 2 is 1.86 bits per heavy atom. The summed E-state index contributed by atoms with van der Waals surface area (Å²) >= 11 is 5.89. The highest BCUT2D eigenvalue weighted by atomic mass is 35.5. The van der Waals surface area contributed by atoms with Crippen molar-refractivity contribution in [3.63, 3.8) is 0 Å². The van der Waals surface area contributed by atoms with Crippen molar-refractivity contribution in [2.45, 2.75) is 31.7 Å². The Balaban J connectivity index is 1.64. The van der Waals surface area contributed by atoms with E-state index in [4.69, 9.17) is 16.9 Å². The predicted molar refractivity (Wildman–Crippen MR) is 84.9 cm³/mol. The molecule has 2 aliphatic heterocycles. The van der Waals surface area contributed by atoms with Crippen LogP contribution in [-0.4, -0.2) is 31.5 Å². The standard InChI is InChI=1S/C17H22ClN2O/c18-15-3-1-13(2-4-15)17(21)14-7-10-20-16(11-14)12-5-8-19-9-6-12/h1-4,12,14,16,19H,5-11H2. The number of Topliss-reactive ketones (excluding diaryl/α,β-unsaturated/α-hetero) is 1. The third-order valence-corrected chi connectivity index (χ3v) is 5.05. The van der Waals surface area contributed by atoms with E-state index in [9.17, 15) is 4.79 Å². The molecule has 0 spiro atoms. The number of rotatable bonds is 3. The lowest BCUT2D eigenvalue weighted by atomic mass is 9.79. The van der Waals surface area contributed by atoms with Crippen molar-refractivity contribution in [3.8, 4) is 0 Å². The molecule has 2 aliphatic rings. The van der Waals surface area contributed by atoms with Gasteiger partial charge in [-0.25, -0.2) is 5.32 Å². The number of halogens is 1. The second kappa shape index (κ2) is 6.91. The van der Waals surface area contributed by atoms with Gasteiger partial charge in [0.15, 0.2) is 5.78 Å². The first kappa shape index (κ1) is 15.0. The van der Waals surface area contributed by atoms with Crippen molar-refractivity contribution in [2.75, 3.05) is 19.6 Å². The molecule has 21 heavy (non-hydrogen) atoms. The van der Waals surface area contributed by atoms with Crippen LogP contribution in [0.1, 0.15) is 36.0 Å². The number of piperidine rings is 2. The Morgan fingerprint density at radius 3 is 2.57 bits per heavy atom. The second-order valence-electron chi connectivity index (χ2n) is 6.15. The molecule has 1 radical (unpaired) electrons. The highest BCUT2D eigenvalue weighted by molar-refractivity contribution is 6.30. The average molecular weight is 306 g/mol. The summed E-state index contributed by atoms with van der Waals surface area (Å²) in [4.78, 5) is 12.6. The zero-order valence-corrected chi connectivity index (χ0v) is 13.0. The number of nitrogens with one attached hydrogen (secondary N) is 1. The first-order valence-electron chi connectivity index (χ1n) is 7.91. The molecular formula is C17H22ClN2O. The van der Waals surface area contributed by atoms with E-state index in [0.29, 0.717) is 17.0 Å². The monoisotopic (exact) mass is 305 g/mol. The molecular weight excluding hydrogens is 284 g/mol. The number of carbonyl (C=O) groups is 1. The summed E-state index contributed by atoms with van der Waals surface area (Å²) in [7, 11) is 0. The van der Waals surface area contributed by atoms with Crippen molar-refractivity contribution >= 4 is 17.4 Å².